The van der Waals surface area contributed by atoms with Crippen LogP contribution in [-0.2, 0) is 4.74 Å². The van der Waals surface area contributed by atoms with Gasteiger partial charge in [-0.25, -0.2) is 0 Å². The molecule has 0 aromatic heterocycles. The van der Waals surface area contributed by atoms with Crippen LogP contribution in [0.3, 0.4) is 0 Å². The standard InChI is InChI=1S/C7H8BClO3/c8-6-7(11,1-2-9)3-5(4-10)12-6/h5-6,10-11H,3-4H2. The molecule has 0 saturated carbocycles. The summed E-state index contributed by atoms with van der Waals surface area (Å²) in [4.78, 5) is 0. The SMILES string of the molecule is [B]C1OC(CO)CC1(O)C#CCl. The second-order valence-corrected chi connectivity index (χ2v) is 2.90. The van der Waals surface area contributed by atoms with E-state index < -0.39 is 17.7 Å². The van der Waals surface area contributed by atoms with Gasteiger partial charge in [0.05, 0.1) is 18.7 Å². The summed E-state index contributed by atoms with van der Waals surface area (Å²) in [7, 11) is 5.42. The quantitative estimate of drug-likeness (QED) is 0.416. The fourth-order valence-corrected chi connectivity index (χ4v) is 1.31. The Morgan fingerprint density at radius 1 is 1.75 bits per heavy atom. The van der Waals surface area contributed by atoms with E-state index >= 15 is 0 Å². The molecule has 0 aliphatic carbocycles. The molecule has 5 heteroatoms. The predicted molar refractivity (Wildman–Crippen MR) is 44.7 cm³/mol. The molecule has 1 heterocycles. The number of rotatable bonds is 1. The average Bonchev–Trinajstić information content (AvgIpc) is 2.29. The van der Waals surface area contributed by atoms with Gasteiger partial charge < -0.3 is 14.9 Å². The Balaban J connectivity index is 2.71. The van der Waals surface area contributed by atoms with Crippen molar-refractivity contribution in [1.82, 2.24) is 0 Å². The third-order valence-corrected chi connectivity index (χ3v) is 1.91. The minimum absolute atomic E-state index is 0.181. The molecule has 1 fully saturated rings. The normalized spacial score (nSPS) is 40.6. The molecule has 3 nitrogen and oxygen atoms in total. The molecule has 2 radical (unpaired) electrons. The summed E-state index contributed by atoms with van der Waals surface area (Å²) in [5, 5.41) is 20.4. The summed E-state index contributed by atoms with van der Waals surface area (Å²) < 4.78 is 5.00. The van der Waals surface area contributed by atoms with Gasteiger partial charge >= 0.3 is 0 Å². The van der Waals surface area contributed by atoms with E-state index in [2.05, 4.69) is 11.3 Å². The van der Waals surface area contributed by atoms with Crippen molar-refractivity contribution in [1.29, 1.82) is 0 Å². The zero-order chi connectivity index (χ0) is 9.19. The lowest BCUT2D eigenvalue weighted by molar-refractivity contribution is 0.0158. The van der Waals surface area contributed by atoms with E-state index in [-0.39, 0.29) is 13.0 Å². The molecule has 2 N–H and O–H groups in total. The minimum atomic E-state index is -1.42. The number of ether oxygens (including phenoxy) is 1. The summed E-state index contributed by atoms with van der Waals surface area (Å²) in [6.07, 6.45) is -0.271. The summed E-state index contributed by atoms with van der Waals surface area (Å²) >= 11 is 5.13. The van der Waals surface area contributed by atoms with E-state index in [4.69, 9.17) is 29.3 Å². The first-order valence-electron chi connectivity index (χ1n) is 3.49. The van der Waals surface area contributed by atoms with Crippen LogP contribution in [0.15, 0.2) is 0 Å². The van der Waals surface area contributed by atoms with Crippen molar-refractivity contribution < 1.29 is 14.9 Å². The van der Waals surface area contributed by atoms with Crippen LogP contribution in [0, 0.1) is 11.3 Å². The summed E-state index contributed by atoms with van der Waals surface area (Å²) in [6.45, 7) is -0.181. The van der Waals surface area contributed by atoms with Crippen LogP contribution >= 0.6 is 11.6 Å². The Morgan fingerprint density at radius 3 is 2.83 bits per heavy atom. The summed E-state index contributed by atoms with van der Waals surface area (Å²) in [5.74, 6) is 2.34. The maximum Gasteiger partial charge on any atom is 0.146 e. The van der Waals surface area contributed by atoms with Crippen molar-refractivity contribution in [3.05, 3.63) is 0 Å². The van der Waals surface area contributed by atoms with Crippen molar-refractivity contribution in [2.75, 3.05) is 6.61 Å². The Morgan fingerprint density at radius 2 is 2.42 bits per heavy atom. The van der Waals surface area contributed by atoms with E-state index in [0.717, 1.165) is 0 Å². The largest absolute Gasteiger partial charge is 0.394 e. The van der Waals surface area contributed by atoms with Crippen molar-refractivity contribution in [3.63, 3.8) is 0 Å². The Bertz CT molecular complexity index is 224. The number of aliphatic hydroxyl groups is 2. The lowest BCUT2D eigenvalue weighted by atomic mass is 9.83. The molecule has 1 rings (SSSR count). The van der Waals surface area contributed by atoms with Gasteiger partial charge in [-0.3, -0.25) is 0 Å². The van der Waals surface area contributed by atoms with Gasteiger partial charge in [0.2, 0.25) is 0 Å². The Labute approximate surface area is 77.1 Å². The van der Waals surface area contributed by atoms with Crippen LogP contribution in [0.25, 0.3) is 0 Å². The Kier molecular flexibility index (Phi) is 3.02. The van der Waals surface area contributed by atoms with Crippen LogP contribution < -0.4 is 0 Å². The van der Waals surface area contributed by atoms with Gasteiger partial charge in [0, 0.05) is 11.8 Å². The molecule has 3 atom stereocenters. The monoisotopic (exact) mass is 186 g/mol. The molecule has 0 aromatic rings. The highest BCUT2D eigenvalue weighted by atomic mass is 35.5. The molecular formula is C7H8BClO3. The van der Waals surface area contributed by atoms with Crippen molar-refractivity contribution in [3.8, 4) is 11.3 Å². The minimum Gasteiger partial charge on any atom is -0.394 e. The van der Waals surface area contributed by atoms with Crippen LogP contribution in [0.4, 0.5) is 0 Å². The average molecular weight is 186 g/mol. The number of aliphatic hydroxyl groups excluding tert-OH is 1. The molecular weight excluding hydrogens is 178 g/mol. The smallest absolute Gasteiger partial charge is 0.146 e. The molecule has 0 aromatic carbocycles. The molecule has 1 aliphatic heterocycles. The molecule has 1 aliphatic rings. The molecule has 12 heavy (non-hydrogen) atoms. The van der Waals surface area contributed by atoms with Gasteiger partial charge in [0.1, 0.15) is 13.4 Å². The van der Waals surface area contributed by atoms with Crippen LogP contribution in [-0.4, -0.2) is 42.4 Å². The van der Waals surface area contributed by atoms with Gasteiger partial charge in [0.15, 0.2) is 0 Å². The molecule has 64 valence electrons. The number of halogens is 1. The lowest BCUT2D eigenvalue weighted by Crippen LogP contribution is -2.36. The second kappa shape index (κ2) is 3.67. The molecule has 1 saturated heterocycles. The molecule has 3 unspecified atom stereocenters. The third kappa shape index (κ3) is 1.75. The Hall–Kier alpha value is -0.205. The zero-order valence-corrected chi connectivity index (χ0v) is 7.08. The number of hydrogen-bond acceptors (Lipinski definition) is 3. The van der Waals surface area contributed by atoms with E-state index in [0.29, 0.717) is 0 Å². The predicted octanol–water partition coefficient (Wildman–Crippen LogP) is -0.807. The molecule has 0 bridgehead atoms. The van der Waals surface area contributed by atoms with E-state index in [1.165, 1.54) is 0 Å². The highest BCUT2D eigenvalue weighted by Crippen LogP contribution is 2.28. The van der Waals surface area contributed by atoms with Crippen LogP contribution in [0.1, 0.15) is 6.42 Å². The van der Waals surface area contributed by atoms with Gasteiger partial charge in [-0.2, -0.15) is 0 Å². The van der Waals surface area contributed by atoms with Gasteiger partial charge in [-0.1, -0.05) is 0 Å². The zero-order valence-electron chi connectivity index (χ0n) is 6.33. The van der Waals surface area contributed by atoms with Gasteiger partial charge in [-0.05, 0) is 17.5 Å². The first-order valence-corrected chi connectivity index (χ1v) is 3.87. The third-order valence-electron chi connectivity index (χ3n) is 1.82. The van der Waals surface area contributed by atoms with E-state index in [1.807, 2.05) is 0 Å². The topological polar surface area (TPSA) is 49.7 Å². The van der Waals surface area contributed by atoms with Crippen LogP contribution in [0.5, 0.6) is 0 Å². The van der Waals surface area contributed by atoms with E-state index in [9.17, 15) is 5.11 Å². The molecule has 0 spiro atoms. The highest BCUT2D eigenvalue weighted by molar-refractivity contribution is 6.30. The highest BCUT2D eigenvalue weighted by Gasteiger charge is 2.42. The van der Waals surface area contributed by atoms with Crippen molar-refractivity contribution >= 4 is 19.4 Å². The van der Waals surface area contributed by atoms with Gasteiger partial charge in [-0.15, -0.1) is 0 Å². The second-order valence-electron chi connectivity index (χ2n) is 2.71. The first kappa shape index (κ1) is 9.88. The van der Waals surface area contributed by atoms with Gasteiger partial charge in [0.25, 0.3) is 0 Å². The van der Waals surface area contributed by atoms with Crippen LogP contribution in [0.2, 0.25) is 0 Å². The fraction of sp³-hybridized carbons (Fsp3) is 0.714. The maximum absolute atomic E-state index is 9.64. The van der Waals surface area contributed by atoms with E-state index in [1.54, 1.807) is 0 Å². The fourth-order valence-electron chi connectivity index (χ4n) is 1.14. The van der Waals surface area contributed by atoms with Crippen molar-refractivity contribution in [2.24, 2.45) is 0 Å². The summed E-state index contributed by atoms with van der Waals surface area (Å²) in [5.41, 5.74) is -1.42. The molecule has 0 amide bonds. The van der Waals surface area contributed by atoms with Crippen molar-refractivity contribution in [2.45, 2.75) is 24.1 Å². The number of hydrogen-bond donors (Lipinski definition) is 2. The lowest BCUT2D eigenvalue weighted by Gasteiger charge is -2.18. The maximum atomic E-state index is 9.64. The summed E-state index contributed by atoms with van der Waals surface area (Å²) in [6, 6.07) is -0.902. The first-order chi connectivity index (χ1) is 5.62.